The summed E-state index contributed by atoms with van der Waals surface area (Å²) >= 11 is 0. The number of rotatable bonds is 9. The van der Waals surface area contributed by atoms with Crippen molar-refractivity contribution >= 4 is 5.97 Å². The van der Waals surface area contributed by atoms with E-state index in [9.17, 15) is 15.0 Å². The molecule has 1 fully saturated rings. The van der Waals surface area contributed by atoms with Gasteiger partial charge >= 0.3 is 5.97 Å². The largest absolute Gasteiger partial charge is 0.423 e. The summed E-state index contributed by atoms with van der Waals surface area (Å²) in [6, 6.07) is 15.1. The summed E-state index contributed by atoms with van der Waals surface area (Å²) in [5.74, 6) is 1.39. The number of unbranched alkanes of at least 4 members (excludes halogenated alkanes) is 2. The molecule has 0 aliphatic heterocycles. The molecule has 2 aliphatic rings. The lowest BCUT2D eigenvalue weighted by Crippen LogP contribution is -2.28. The Balaban J connectivity index is 1.42. The molecule has 172 valence electrons. The van der Waals surface area contributed by atoms with Crippen LogP contribution in [0.4, 0.5) is 0 Å². The van der Waals surface area contributed by atoms with Gasteiger partial charge in [0.05, 0.1) is 17.8 Å². The van der Waals surface area contributed by atoms with E-state index < -0.39 is 0 Å². The second kappa shape index (κ2) is 10.6. The van der Waals surface area contributed by atoms with E-state index in [0.717, 1.165) is 50.5 Å². The van der Waals surface area contributed by atoms with Crippen molar-refractivity contribution in [3.63, 3.8) is 0 Å². The van der Waals surface area contributed by atoms with E-state index in [4.69, 9.17) is 4.74 Å². The number of hydrogen-bond donors (Lipinski definition) is 2. The highest BCUT2D eigenvalue weighted by atomic mass is 16.5. The molecule has 5 atom stereocenters. The number of hydrogen-bond acceptors (Lipinski definition) is 4. The van der Waals surface area contributed by atoms with Gasteiger partial charge in [0.15, 0.2) is 0 Å². The minimum absolute atomic E-state index is 0.240. The molecule has 0 heterocycles. The monoisotopic (exact) mass is 436 g/mol. The highest BCUT2D eigenvalue weighted by Crippen LogP contribution is 2.48. The smallest absolute Gasteiger partial charge is 0.343 e. The van der Waals surface area contributed by atoms with E-state index in [-0.39, 0.29) is 24.1 Å². The molecule has 1 saturated carbocycles. The molecule has 0 radical (unpaired) electrons. The molecule has 2 aliphatic carbocycles. The Morgan fingerprint density at radius 1 is 1.06 bits per heavy atom. The molecule has 2 aromatic rings. The van der Waals surface area contributed by atoms with Crippen LogP contribution in [0.1, 0.15) is 73.4 Å². The van der Waals surface area contributed by atoms with Crippen molar-refractivity contribution in [2.45, 2.75) is 76.9 Å². The van der Waals surface area contributed by atoms with Crippen LogP contribution in [-0.4, -0.2) is 28.4 Å². The van der Waals surface area contributed by atoms with Gasteiger partial charge in [-0.1, -0.05) is 56.5 Å². The number of esters is 1. The summed E-state index contributed by atoms with van der Waals surface area (Å²) < 4.78 is 5.79. The summed E-state index contributed by atoms with van der Waals surface area (Å²) in [5.41, 5.74) is 2.89. The number of carbonyl (C=O) groups is 1. The molecule has 0 amide bonds. The van der Waals surface area contributed by atoms with Crippen LogP contribution in [0.5, 0.6) is 5.75 Å². The van der Waals surface area contributed by atoms with Gasteiger partial charge in [-0.2, -0.15) is 0 Å². The van der Waals surface area contributed by atoms with Crippen LogP contribution in [-0.2, 0) is 12.8 Å². The van der Waals surface area contributed by atoms with E-state index >= 15 is 0 Å². The van der Waals surface area contributed by atoms with Crippen LogP contribution in [0.3, 0.4) is 0 Å². The van der Waals surface area contributed by atoms with E-state index in [1.807, 2.05) is 30.3 Å². The van der Waals surface area contributed by atoms with Crippen LogP contribution in [0.2, 0.25) is 0 Å². The molecule has 4 nitrogen and oxygen atoms in total. The van der Waals surface area contributed by atoms with Crippen LogP contribution >= 0.6 is 0 Å². The van der Waals surface area contributed by atoms with Gasteiger partial charge in [-0.25, -0.2) is 4.79 Å². The van der Waals surface area contributed by atoms with Gasteiger partial charge in [0.2, 0.25) is 0 Å². The predicted molar refractivity (Wildman–Crippen MR) is 126 cm³/mol. The highest BCUT2D eigenvalue weighted by molar-refractivity contribution is 5.91. The summed E-state index contributed by atoms with van der Waals surface area (Å²) in [5, 5.41) is 21.2. The first-order chi connectivity index (χ1) is 15.6. The van der Waals surface area contributed by atoms with Crippen LogP contribution in [0, 0.1) is 17.8 Å². The maximum Gasteiger partial charge on any atom is 0.343 e. The SMILES string of the molecule is CCCCC[C@H](O)CC[C@H]1[C@H](O)CC2Cc3c(cccc3OC(=O)c3ccccc3)C[C@@H]21. The lowest BCUT2D eigenvalue weighted by molar-refractivity contribution is 0.0731. The number of ether oxygens (including phenoxy) is 1. The van der Waals surface area contributed by atoms with Gasteiger partial charge in [0, 0.05) is 0 Å². The first kappa shape index (κ1) is 23.0. The fourth-order valence-corrected chi connectivity index (χ4v) is 5.79. The minimum atomic E-state index is -0.331. The zero-order valence-electron chi connectivity index (χ0n) is 19.1. The van der Waals surface area contributed by atoms with E-state index in [1.54, 1.807) is 12.1 Å². The highest BCUT2D eigenvalue weighted by Gasteiger charge is 2.45. The normalized spacial score (nSPS) is 25.1. The third-order valence-electron chi connectivity index (χ3n) is 7.53. The Morgan fingerprint density at radius 3 is 2.66 bits per heavy atom. The van der Waals surface area contributed by atoms with Crippen molar-refractivity contribution in [1.29, 1.82) is 0 Å². The molecule has 2 aromatic carbocycles. The lowest BCUT2D eigenvalue weighted by atomic mass is 9.73. The lowest BCUT2D eigenvalue weighted by Gasteiger charge is -2.32. The Hall–Kier alpha value is -2.17. The van der Waals surface area contributed by atoms with Gasteiger partial charge in [-0.15, -0.1) is 0 Å². The molecule has 0 saturated heterocycles. The van der Waals surface area contributed by atoms with Gasteiger partial charge in [-0.05, 0) is 85.6 Å². The summed E-state index contributed by atoms with van der Waals surface area (Å²) in [4.78, 5) is 12.6. The van der Waals surface area contributed by atoms with Crippen molar-refractivity contribution in [1.82, 2.24) is 0 Å². The first-order valence-corrected chi connectivity index (χ1v) is 12.3. The maximum absolute atomic E-state index is 12.6. The Kier molecular flexibility index (Phi) is 7.64. The fourth-order valence-electron chi connectivity index (χ4n) is 5.79. The molecule has 0 spiro atoms. The first-order valence-electron chi connectivity index (χ1n) is 12.3. The average Bonchev–Trinajstić information content (AvgIpc) is 3.11. The quantitative estimate of drug-likeness (QED) is 0.316. The molecular weight excluding hydrogens is 400 g/mol. The zero-order valence-corrected chi connectivity index (χ0v) is 19.1. The molecule has 1 unspecified atom stereocenters. The predicted octanol–water partition coefficient (Wildman–Crippen LogP) is 5.34. The molecule has 4 rings (SSSR count). The van der Waals surface area contributed by atoms with Crippen molar-refractivity contribution in [2.75, 3.05) is 0 Å². The molecule has 4 heteroatoms. The average molecular weight is 437 g/mol. The molecule has 32 heavy (non-hydrogen) atoms. The minimum Gasteiger partial charge on any atom is -0.423 e. The standard InChI is InChI=1S/C28H36O4/c1-2-3-5-12-22(29)14-15-23-24-16-20-11-8-13-27(25(20)17-21(24)18-26(23)30)32-28(31)19-9-6-4-7-10-19/h4,6-11,13,21-24,26,29-30H,2-3,5,12,14-18H2,1H3/t21?,22-,23+,24-,26+/m0/s1. The summed E-state index contributed by atoms with van der Waals surface area (Å²) in [6.45, 7) is 2.18. The summed E-state index contributed by atoms with van der Waals surface area (Å²) in [6.07, 6.45) is 7.91. The van der Waals surface area contributed by atoms with Crippen molar-refractivity contribution in [3.8, 4) is 5.75 Å². The molecule has 2 N–H and O–H groups in total. The van der Waals surface area contributed by atoms with Gasteiger partial charge in [0.25, 0.3) is 0 Å². The number of fused-ring (bicyclic) bond motifs is 2. The Morgan fingerprint density at radius 2 is 1.88 bits per heavy atom. The zero-order chi connectivity index (χ0) is 22.5. The van der Waals surface area contributed by atoms with Crippen LogP contribution in [0.15, 0.2) is 48.5 Å². The van der Waals surface area contributed by atoms with E-state index in [0.29, 0.717) is 23.1 Å². The van der Waals surface area contributed by atoms with Gasteiger partial charge < -0.3 is 14.9 Å². The molecule has 0 aromatic heterocycles. The number of aliphatic hydroxyl groups excluding tert-OH is 2. The molecule has 0 bridgehead atoms. The van der Waals surface area contributed by atoms with Crippen molar-refractivity contribution in [3.05, 3.63) is 65.2 Å². The maximum atomic E-state index is 12.6. The van der Waals surface area contributed by atoms with Gasteiger partial charge in [0.1, 0.15) is 5.75 Å². The van der Waals surface area contributed by atoms with Crippen molar-refractivity contribution < 1.29 is 19.7 Å². The van der Waals surface area contributed by atoms with Crippen LogP contribution in [0.25, 0.3) is 0 Å². The van der Waals surface area contributed by atoms with E-state index in [2.05, 4.69) is 13.0 Å². The van der Waals surface area contributed by atoms with E-state index in [1.165, 1.54) is 18.4 Å². The topological polar surface area (TPSA) is 66.8 Å². The fraction of sp³-hybridized carbons (Fsp3) is 0.536. The summed E-state index contributed by atoms with van der Waals surface area (Å²) in [7, 11) is 0. The number of carbonyl (C=O) groups excluding carboxylic acids is 1. The second-order valence-electron chi connectivity index (χ2n) is 9.68. The third-order valence-corrected chi connectivity index (χ3v) is 7.53. The number of benzene rings is 2. The molecular formula is C28H36O4. The number of aliphatic hydroxyl groups is 2. The second-order valence-corrected chi connectivity index (χ2v) is 9.68. The van der Waals surface area contributed by atoms with Gasteiger partial charge in [-0.3, -0.25) is 0 Å². The Labute approximate surface area is 191 Å². The van der Waals surface area contributed by atoms with Crippen LogP contribution < -0.4 is 4.74 Å². The Bertz CT molecular complexity index is 894. The van der Waals surface area contributed by atoms with Crippen molar-refractivity contribution in [2.24, 2.45) is 17.8 Å². The third kappa shape index (κ3) is 5.24.